The Balaban J connectivity index is 1.65. The van der Waals surface area contributed by atoms with Gasteiger partial charge in [0.2, 0.25) is 5.91 Å². The second-order valence-electron chi connectivity index (χ2n) is 5.86. The summed E-state index contributed by atoms with van der Waals surface area (Å²) in [6.07, 6.45) is 0. The molecule has 0 spiro atoms. The van der Waals surface area contributed by atoms with Gasteiger partial charge < -0.3 is 10.6 Å². The van der Waals surface area contributed by atoms with Gasteiger partial charge >= 0.3 is 0 Å². The van der Waals surface area contributed by atoms with Gasteiger partial charge in [0.1, 0.15) is 9.88 Å². The summed E-state index contributed by atoms with van der Waals surface area (Å²) < 4.78 is 0. The minimum Gasteiger partial charge on any atom is -0.347 e. The summed E-state index contributed by atoms with van der Waals surface area (Å²) in [5.74, 6) is -0.242. The maximum atomic E-state index is 12.5. The number of anilines is 1. The number of rotatable bonds is 5. The zero-order valence-corrected chi connectivity index (χ0v) is 15.4. The molecule has 5 nitrogen and oxygen atoms in total. The highest BCUT2D eigenvalue weighted by atomic mass is 32.1. The molecule has 2 N–H and O–H groups in total. The first-order valence-electron chi connectivity index (χ1n) is 8.20. The number of aromatic nitrogens is 1. The highest BCUT2D eigenvalue weighted by Gasteiger charge is 2.15. The Labute approximate surface area is 156 Å². The van der Waals surface area contributed by atoms with Crippen LogP contribution in [0.25, 0.3) is 10.6 Å². The van der Waals surface area contributed by atoms with Gasteiger partial charge in [0, 0.05) is 24.7 Å². The van der Waals surface area contributed by atoms with Gasteiger partial charge in [0.05, 0.1) is 5.69 Å². The SMILES string of the molecule is CC(=O)Nc1ccc(CNC(=O)c2sc(-c3ccccc3)nc2C)cc1. The third kappa shape index (κ3) is 4.34. The minimum atomic E-state index is -0.131. The Morgan fingerprint density at radius 3 is 2.38 bits per heavy atom. The summed E-state index contributed by atoms with van der Waals surface area (Å²) >= 11 is 1.39. The van der Waals surface area contributed by atoms with Crippen molar-refractivity contribution in [3.63, 3.8) is 0 Å². The van der Waals surface area contributed by atoms with Gasteiger partial charge in [-0.1, -0.05) is 42.5 Å². The van der Waals surface area contributed by atoms with Gasteiger partial charge in [-0.3, -0.25) is 9.59 Å². The van der Waals surface area contributed by atoms with Gasteiger partial charge in [-0.15, -0.1) is 11.3 Å². The molecule has 2 amide bonds. The lowest BCUT2D eigenvalue weighted by molar-refractivity contribution is -0.114. The van der Waals surface area contributed by atoms with Crippen LogP contribution in [0.4, 0.5) is 5.69 Å². The third-order valence-electron chi connectivity index (χ3n) is 3.75. The normalized spacial score (nSPS) is 10.4. The van der Waals surface area contributed by atoms with Crippen LogP contribution in [0, 0.1) is 6.92 Å². The van der Waals surface area contributed by atoms with Crippen LogP contribution in [0.2, 0.25) is 0 Å². The zero-order valence-electron chi connectivity index (χ0n) is 14.6. The molecule has 6 heteroatoms. The number of thiazole rings is 1. The lowest BCUT2D eigenvalue weighted by Crippen LogP contribution is -2.22. The Morgan fingerprint density at radius 2 is 1.73 bits per heavy atom. The number of carbonyl (C=O) groups excluding carboxylic acids is 2. The first-order valence-corrected chi connectivity index (χ1v) is 9.02. The quantitative estimate of drug-likeness (QED) is 0.718. The molecule has 0 unspecified atom stereocenters. The van der Waals surface area contributed by atoms with E-state index in [1.165, 1.54) is 18.3 Å². The predicted molar refractivity (Wildman–Crippen MR) is 104 cm³/mol. The summed E-state index contributed by atoms with van der Waals surface area (Å²) in [5, 5.41) is 6.48. The van der Waals surface area contributed by atoms with Crippen molar-refractivity contribution in [2.75, 3.05) is 5.32 Å². The number of carbonyl (C=O) groups is 2. The van der Waals surface area contributed by atoms with E-state index >= 15 is 0 Å². The third-order valence-corrected chi connectivity index (χ3v) is 4.96. The van der Waals surface area contributed by atoms with Crippen LogP contribution in [0.5, 0.6) is 0 Å². The Morgan fingerprint density at radius 1 is 1.04 bits per heavy atom. The molecule has 3 aromatic rings. The molecule has 0 bridgehead atoms. The van der Waals surface area contributed by atoms with Crippen molar-refractivity contribution in [3.8, 4) is 10.6 Å². The topological polar surface area (TPSA) is 71.1 Å². The maximum absolute atomic E-state index is 12.5. The first kappa shape index (κ1) is 17.8. The second-order valence-corrected chi connectivity index (χ2v) is 6.86. The molecular weight excluding hydrogens is 346 g/mol. The summed E-state index contributed by atoms with van der Waals surface area (Å²) in [6.45, 7) is 3.73. The fraction of sp³-hybridized carbons (Fsp3) is 0.150. The van der Waals surface area contributed by atoms with Crippen LogP contribution in [0.1, 0.15) is 27.9 Å². The number of benzene rings is 2. The van der Waals surface area contributed by atoms with E-state index in [0.717, 1.165) is 27.5 Å². The van der Waals surface area contributed by atoms with Crippen LogP contribution < -0.4 is 10.6 Å². The van der Waals surface area contributed by atoms with Crippen molar-refractivity contribution in [2.45, 2.75) is 20.4 Å². The molecule has 1 heterocycles. The fourth-order valence-electron chi connectivity index (χ4n) is 2.48. The summed E-state index contributed by atoms with van der Waals surface area (Å²) in [7, 11) is 0. The number of nitrogens with one attached hydrogen (secondary N) is 2. The van der Waals surface area contributed by atoms with E-state index in [-0.39, 0.29) is 11.8 Å². The van der Waals surface area contributed by atoms with Gasteiger partial charge in [-0.2, -0.15) is 0 Å². The molecule has 0 saturated carbocycles. The van der Waals surface area contributed by atoms with Gasteiger partial charge in [0.25, 0.3) is 5.91 Å². The van der Waals surface area contributed by atoms with Crippen molar-refractivity contribution in [1.82, 2.24) is 10.3 Å². The summed E-state index contributed by atoms with van der Waals surface area (Å²) in [4.78, 5) is 28.7. The van der Waals surface area contributed by atoms with Crippen LogP contribution in [-0.4, -0.2) is 16.8 Å². The molecule has 3 rings (SSSR count). The lowest BCUT2D eigenvalue weighted by Gasteiger charge is -2.06. The van der Waals surface area contributed by atoms with E-state index < -0.39 is 0 Å². The molecule has 0 aliphatic heterocycles. The van der Waals surface area contributed by atoms with Crippen molar-refractivity contribution < 1.29 is 9.59 Å². The predicted octanol–water partition coefficient (Wildman–Crippen LogP) is 4.01. The minimum absolute atomic E-state index is 0.110. The van der Waals surface area contributed by atoms with Crippen LogP contribution in [0.15, 0.2) is 54.6 Å². The first-order chi connectivity index (χ1) is 12.5. The molecule has 26 heavy (non-hydrogen) atoms. The number of aryl methyl sites for hydroxylation is 1. The van der Waals surface area contributed by atoms with E-state index in [2.05, 4.69) is 15.6 Å². The van der Waals surface area contributed by atoms with E-state index in [1.807, 2.05) is 61.5 Å². The zero-order chi connectivity index (χ0) is 18.5. The molecule has 132 valence electrons. The Bertz CT molecular complexity index is 918. The molecule has 0 saturated heterocycles. The van der Waals surface area contributed by atoms with Gasteiger partial charge in [-0.05, 0) is 24.6 Å². The van der Waals surface area contributed by atoms with E-state index in [0.29, 0.717) is 11.4 Å². The standard InChI is InChI=1S/C20H19N3O2S/c1-13-18(26-20(22-13)16-6-4-3-5-7-16)19(25)21-12-15-8-10-17(11-9-15)23-14(2)24/h3-11H,12H2,1-2H3,(H,21,25)(H,23,24). The smallest absolute Gasteiger partial charge is 0.263 e. The van der Waals surface area contributed by atoms with Gasteiger partial charge in [-0.25, -0.2) is 4.98 Å². The van der Waals surface area contributed by atoms with Crippen LogP contribution in [-0.2, 0) is 11.3 Å². The average Bonchev–Trinajstić information content (AvgIpc) is 3.03. The van der Waals surface area contributed by atoms with Crippen LogP contribution in [0.3, 0.4) is 0 Å². The van der Waals surface area contributed by atoms with Crippen molar-refractivity contribution >= 4 is 28.8 Å². The molecule has 0 aliphatic rings. The monoisotopic (exact) mass is 365 g/mol. The maximum Gasteiger partial charge on any atom is 0.263 e. The molecule has 0 radical (unpaired) electrons. The number of hydrogen-bond acceptors (Lipinski definition) is 4. The van der Waals surface area contributed by atoms with E-state index in [9.17, 15) is 9.59 Å². The number of hydrogen-bond donors (Lipinski definition) is 2. The van der Waals surface area contributed by atoms with E-state index in [4.69, 9.17) is 0 Å². The average molecular weight is 365 g/mol. The number of amides is 2. The molecule has 1 aromatic heterocycles. The van der Waals surface area contributed by atoms with E-state index in [1.54, 1.807) is 0 Å². The largest absolute Gasteiger partial charge is 0.347 e. The fourth-order valence-corrected chi connectivity index (χ4v) is 3.47. The van der Waals surface area contributed by atoms with Gasteiger partial charge in [0.15, 0.2) is 0 Å². The van der Waals surface area contributed by atoms with Crippen molar-refractivity contribution in [2.24, 2.45) is 0 Å². The van der Waals surface area contributed by atoms with Crippen molar-refractivity contribution in [3.05, 3.63) is 70.7 Å². The highest BCUT2D eigenvalue weighted by Crippen LogP contribution is 2.27. The molecule has 0 atom stereocenters. The molecular formula is C20H19N3O2S. The Kier molecular flexibility index (Phi) is 5.43. The summed E-state index contributed by atoms with van der Waals surface area (Å²) in [6, 6.07) is 17.2. The van der Waals surface area contributed by atoms with Crippen molar-refractivity contribution in [1.29, 1.82) is 0 Å². The summed E-state index contributed by atoms with van der Waals surface area (Å²) in [5.41, 5.74) is 3.43. The molecule has 2 aromatic carbocycles. The number of nitrogens with zero attached hydrogens (tertiary/aromatic N) is 1. The lowest BCUT2D eigenvalue weighted by atomic mass is 10.2. The second kappa shape index (κ2) is 7.93. The molecule has 0 fully saturated rings. The molecule has 0 aliphatic carbocycles. The Hall–Kier alpha value is -2.99. The highest BCUT2D eigenvalue weighted by molar-refractivity contribution is 7.17. The van der Waals surface area contributed by atoms with Crippen LogP contribution >= 0.6 is 11.3 Å².